The van der Waals surface area contributed by atoms with Crippen molar-refractivity contribution in [2.24, 2.45) is 0 Å². The molecule has 0 aromatic heterocycles. The first-order valence-corrected chi connectivity index (χ1v) is 9.71. The predicted octanol–water partition coefficient (Wildman–Crippen LogP) is 6.47. The molecule has 0 amide bonds. The topological polar surface area (TPSA) is 9.23 Å². The Morgan fingerprint density at radius 1 is 0.680 bits per heavy atom. The van der Waals surface area contributed by atoms with E-state index in [9.17, 15) is 0 Å². The van der Waals surface area contributed by atoms with E-state index >= 15 is 0 Å². The molecule has 2 heteroatoms. The van der Waals surface area contributed by atoms with Gasteiger partial charge in [-0.3, -0.25) is 0 Å². The van der Waals surface area contributed by atoms with E-state index in [2.05, 4.69) is 55.5 Å². The monoisotopic (exact) mass is 347 g/mol. The molecule has 2 aliphatic rings. The van der Waals surface area contributed by atoms with Crippen LogP contribution >= 0.6 is 8.81 Å². The maximum absolute atomic E-state index is 5.23. The van der Waals surface area contributed by atoms with E-state index in [4.69, 9.17) is 4.52 Å². The Bertz CT molecular complexity index is 718. The van der Waals surface area contributed by atoms with Gasteiger partial charge in [0.05, 0.1) is 8.81 Å². The molecular formula is C23H24OP. The zero-order valence-electron chi connectivity index (χ0n) is 14.7. The van der Waals surface area contributed by atoms with Gasteiger partial charge in [-0.05, 0) is 36.9 Å². The summed E-state index contributed by atoms with van der Waals surface area (Å²) in [5.74, 6) is 0.957. The zero-order valence-corrected chi connectivity index (χ0v) is 15.7. The van der Waals surface area contributed by atoms with Crippen molar-refractivity contribution in [3.05, 3.63) is 120 Å². The number of allylic oxidation sites excluding steroid dienone is 8. The number of hydrogen-bond acceptors (Lipinski definition) is 1. The van der Waals surface area contributed by atoms with Crippen LogP contribution in [0.4, 0.5) is 0 Å². The van der Waals surface area contributed by atoms with Crippen molar-refractivity contribution >= 4 is 8.81 Å². The van der Waals surface area contributed by atoms with E-state index < -0.39 is 0 Å². The van der Waals surface area contributed by atoms with Crippen LogP contribution in [-0.2, 0) is 0 Å². The minimum Gasteiger partial charge on any atom is -0.477 e. The van der Waals surface area contributed by atoms with Gasteiger partial charge < -0.3 is 4.52 Å². The van der Waals surface area contributed by atoms with Crippen LogP contribution < -0.4 is 4.52 Å². The highest BCUT2D eigenvalue weighted by atomic mass is 31.1. The van der Waals surface area contributed by atoms with E-state index in [1.807, 2.05) is 61.6 Å². The number of rotatable bonds is 2. The quantitative estimate of drug-likeness (QED) is 0.566. The van der Waals surface area contributed by atoms with Gasteiger partial charge in [-0.2, -0.15) is 0 Å². The van der Waals surface area contributed by atoms with Crippen LogP contribution in [0.25, 0.3) is 0 Å². The Labute approximate surface area is 153 Å². The fraction of sp³-hybridized carbons (Fsp3) is 0.0870. The molecule has 0 saturated carbocycles. The van der Waals surface area contributed by atoms with Crippen LogP contribution in [-0.4, -0.2) is 6.66 Å². The Morgan fingerprint density at radius 2 is 1.20 bits per heavy atom. The molecule has 1 nitrogen and oxygen atoms in total. The molecule has 2 aliphatic carbocycles. The van der Waals surface area contributed by atoms with Crippen LogP contribution in [0.3, 0.4) is 0 Å². The van der Waals surface area contributed by atoms with E-state index in [0.29, 0.717) is 8.81 Å². The average Bonchev–Trinajstić information content (AvgIpc) is 3.51. The Balaban J connectivity index is 0.000000137. The molecule has 0 heterocycles. The van der Waals surface area contributed by atoms with Crippen molar-refractivity contribution in [1.82, 2.24) is 0 Å². The minimum absolute atomic E-state index is 0.535. The fourth-order valence-electron chi connectivity index (χ4n) is 2.01. The van der Waals surface area contributed by atoms with E-state index in [0.717, 1.165) is 5.75 Å². The highest BCUT2D eigenvalue weighted by Crippen LogP contribution is 2.23. The molecule has 25 heavy (non-hydrogen) atoms. The third kappa shape index (κ3) is 8.33. The normalized spacial score (nSPS) is 13.8. The summed E-state index contributed by atoms with van der Waals surface area (Å²) in [6.45, 7) is 4.09. The van der Waals surface area contributed by atoms with E-state index in [1.165, 1.54) is 16.7 Å². The summed E-state index contributed by atoms with van der Waals surface area (Å²) in [6, 6.07) is 20.1. The second kappa shape index (κ2) is 11.2. The van der Waals surface area contributed by atoms with E-state index in [1.54, 1.807) is 0 Å². The summed E-state index contributed by atoms with van der Waals surface area (Å²) >= 11 is 0. The van der Waals surface area contributed by atoms with Crippen LogP contribution in [0.15, 0.2) is 108 Å². The number of hydrogen-bond donors (Lipinski definition) is 0. The van der Waals surface area contributed by atoms with Crippen molar-refractivity contribution in [2.75, 3.05) is 6.66 Å². The summed E-state index contributed by atoms with van der Waals surface area (Å²) in [4.78, 5) is 0. The summed E-state index contributed by atoms with van der Waals surface area (Å²) < 4.78 is 5.23. The number of para-hydroxylation sites is 1. The molecule has 4 rings (SSSR count). The van der Waals surface area contributed by atoms with Crippen LogP contribution in [0.2, 0.25) is 0 Å². The molecule has 1 atom stereocenters. The molecular weight excluding hydrogens is 323 g/mol. The van der Waals surface area contributed by atoms with Gasteiger partial charge in [0, 0.05) is 6.42 Å². The van der Waals surface area contributed by atoms with Gasteiger partial charge in [0.25, 0.3) is 0 Å². The maximum atomic E-state index is 5.23. The van der Waals surface area contributed by atoms with Crippen molar-refractivity contribution < 1.29 is 4.52 Å². The van der Waals surface area contributed by atoms with Crippen molar-refractivity contribution in [3.63, 3.8) is 0 Å². The zero-order chi connectivity index (χ0) is 17.7. The molecule has 0 aliphatic heterocycles. The molecule has 0 bridgehead atoms. The minimum atomic E-state index is 0.535. The van der Waals surface area contributed by atoms with Gasteiger partial charge in [0.15, 0.2) is 0 Å². The third-order valence-electron chi connectivity index (χ3n) is 3.34. The lowest BCUT2D eigenvalue weighted by Crippen LogP contribution is -1.77. The van der Waals surface area contributed by atoms with Gasteiger partial charge in [0.2, 0.25) is 0 Å². The second-order valence-corrected chi connectivity index (χ2v) is 6.04. The van der Waals surface area contributed by atoms with Crippen molar-refractivity contribution in [1.29, 1.82) is 0 Å². The van der Waals surface area contributed by atoms with E-state index in [-0.39, 0.29) is 0 Å². The third-order valence-corrected chi connectivity index (χ3v) is 3.78. The smallest absolute Gasteiger partial charge is 0.122 e. The molecule has 127 valence electrons. The summed E-state index contributed by atoms with van der Waals surface area (Å²) in [6.07, 6.45) is 14.6. The highest BCUT2D eigenvalue weighted by molar-refractivity contribution is 7.31. The van der Waals surface area contributed by atoms with Gasteiger partial charge >= 0.3 is 0 Å². The molecule has 1 radical (unpaired) electrons. The van der Waals surface area contributed by atoms with Gasteiger partial charge in [-0.25, -0.2) is 0 Å². The summed E-state index contributed by atoms with van der Waals surface area (Å²) in [7, 11) is 0.535. The maximum Gasteiger partial charge on any atom is 0.122 e. The first-order chi connectivity index (χ1) is 12.3. The molecule has 0 fully saturated rings. The second-order valence-electron chi connectivity index (χ2n) is 5.43. The molecule has 2 aromatic rings. The predicted molar refractivity (Wildman–Crippen MR) is 111 cm³/mol. The van der Waals surface area contributed by atoms with Crippen LogP contribution in [0.5, 0.6) is 5.75 Å². The largest absolute Gasteiger partial charge is 0.477 e. The molecule has 1 unspecified atom stereocenters. The van der Waals surface area contributed by atoms with Crippen LogP contribution in [0.1, 0.15) is 5.56 Å². The molecule has 0 N–H and O–H groups in total. The van der Waals surface area contributed by atoms with Crippen molar-refractivity contribution in [3.8, 4) is 5.75 Å². The Kier molecular flexibility index (Phi) is 8.52. The Morgan fingerprint density at radius 3 is 1.64 bits per heavy atom. The highest BCUT2D eigenvalue weighted by Gasteiger charge is 2.04. The van der Waals surface area contributed by atoms with Crippen molar-refractivity contribution in [2.45, 2.75) is 6.92 Å². The lowest BCUT2D eigenvalue weighted by molar-refractivity contribution is 0.635. The fourth-order valence-corrected chi connectivity index (χ4v) is 2.38. The molecule has 0 spiro atoms. The van der Waals surface area contributed by atoms with Gasteiger partial charge in [-0.1, -0.05) is 90.6 Å². The average molecular weight is 347 g/mol. The van der Waals surface area contributed by atoms with Gasteiger partial charge in [0.1, 0.15) is 5.75 Å². The summed E-state index contributed by atoms with van der Waals surface area (Å²) in [5, 5.41) is 0. The summed E-state index contributed by atoms with van der Waals surface area (Å²) in [5.41, 5.74) is 4.02. The first kappa shape index (κ1) is 19.0. The molecule has 2 aromatic carbocycles. The standard InChI is InChI=1S/C9H7.C7H9OP.C7H8/c1-2-4-8(5-3-1)9-6-7-9;1-9-8-7-5-3-2-4-6-7;1-7-5-3-2-4-6-7/h1-7H;2-6,9H,1H3;2-6H,1H3. The first-order valence-electron chi connectivity index (χ1n) is 8.30. The molecule has 0 saturated heterocycles. The van der Waals surface area contributed by atoms with Gasteiger partial charge in [-0.15, -0.1) is 0 Å². The number of aryl methyl sites for hydroxylation is 1. The SMILES string of the molecule is CPOc1ccccc1.Cc1ccccc1.[CH]1C=CC(=C2C=C2)C=C1. The lowest BCUT2D eigenvalue weighted by atomic mass is 10.1. The Hall–Kier alpha value is -2.37. The number of benzene rings is 2. The lowest BCUT2D eigenvalue weighted by Gasteiger charge is -1.98. The van der Waals surface area contributed by atoms with Crippen LogP contribution in [0, 0.1) is 13.3 Å².